The van der Waals surface area contributed by atoms with Gasteiger partial charge in [-0.15, -0.1) is 0 Å². The average molecular weight is 304 g/mol. The lowest BCUT2D eigenvalue weighted by molar-refractivity contribution is 0.824. The lowest BCUT2D eigenvalue weighted by atomic mass is 10.1. The molecule has 2 heterocycles. The number of benzene rings is 2. The fourth-order valence-electron chi connectivity index (χ4n) is 2.29. The van der Waals surface area contributed by atoms with Crippen LogP contribution in [0.2, 0.25) is 0 Å². The Morgan fingerprint density at radius 2 is 0.696 bits per heavy atom. The summed E-state index contributed by atoms with van der Waals surface area (Å²) in [5, 5.41) is 6.07. The van der Waals surface area contributed by atoms with E-state index in [0.29, 0.717) is 0 Å². The largest absolute Gasteiger partial charge is 0.412 e. The molecule has 0 radical (unpaired) electrons. The van der Waals surface area contributed by atoms with Gasteiger partial charge in [0.05, 0.1) is 0 Å². The van der Waals surface area contributed by atoms with E-state index < -0.39 is 0 Å². The number of nitrogens with one attached hydrogen (secondary N) is 2. The van der Waals surface area contributed by atoms with Crippen LogP contribution in [0.3, 0.4) is 0 Å². The molecule has 4 N–H and O–H groups in total. The molecule has 0 saturated heterocycles. The van der Waals surface area contributed by atoms with Gasteiger partial charge in [-0.05, 0) is 46.6 Å². The normalized spacial score (nSPS) is 12.9. The summed E-state index contributed by atoms with van der Waals surface area (Å²) < 4.78 is 0. The number of hydrogen-bond acceptors (Lipinski definition) is 2. The molecule has 2 aliphatic heterocycles. The van der Waals surface area contributed by atoms with Crippen molar-refractivity contribution in [3.05, 3.63) is 95.6 Å². The van der Waals surface area contributed by atoms with Gasteiger partial charge in [-0.3, -0.25) is 0 Å². The smallest absolute Gasteiger partial charge is 0.00106 e. The van der Waals surface area contributed by atoms with Gasteiger partial charge in [0.25, 0.3) is 0 Å². The highest BCUT2D eigenvalue weighted by atomic mass is 16.0. The molecule has 2 aliphatic rings. The first-order valence-electron chi connectivity index (χ1n) is 7.30. The zero-order valence-electron chi connectivity index (χ0n) is 12.7. The van der Waals surface area contributed by atoms with Crippen molar-refractivity contribution >= 4 is 24.3 Å². The Hall–Kier alpha value is -3.04. The van der Waals surface area contributed by atoms with Crippen molar-refractivity contribution in [3.63, 3.8) is 0 Å². The van der Waals surface area contributed by atoms with E-state index in [-0.39, 0.29) is 5.48 Å². The maximum absolute atomic E-state index is 3.03. The Labute approximate surface area is 136 Å². The van der Waals surface area contributed by atoms with Crippen molar-refractivity contribution in [2.24, 2.45) is 0 Å². The molecule has 0 amide bonds. The van der Waals surface area contributed by atoms with Crippen LogP contribution in [0.25, 0.3) is 24.3 Å². The van der Waals surface area contributed by atoms with Gasteiger partial charge in [0.15, 0.2) is 0 Å². The van der Waals surface area contributed by atoms with Crippen LogP contribution in [0.1, 0.15) is 22.3 Å². The van der Waals surface area contributed by atoms with Gasteiger partial charge in [0.2, 0.25) is 0 Å². The average Bonchev–Trinajstić information content (AvgIpc) is 2.95. The highest BCUT2D eigenvalue weighted by Crippen LogP contribution is 2.14. The minimum atomic E-state index is 0. The van der Waals surface area contributed by atoms with Crippen LogP contribution in [0.4, 0.5) is 0 Å². The highest BCUT2D eigenvalue weighted by Gasteiger charge is 1.95. The Morgan fingerprint density at radius 1 is 0.435 bits per heavy atom. The van der Waals surface area contributed by atoms with Crippen LogP contribution >= 0.6 is 0 Å². The Kier molecular flexibility index (Phi) is 5.98. The third-order valence-corrected chi connectivity index (χ3v) is 3.43. The number of rotatable bonds is 0. The van der Waals surface area contributed by atoms with Gasteiger partial charge in [0.1, 0.15) is 0 Å². The molecule has 3 nitrogen and oxygen atoms in total. The predicted molar refractivity (Wildman–Crippen MR) is 98.9 cm³/mol. The van der Waals surface area contributed by atoms with E-state index in [4.69, 9.17) is 0 Å². The van der Waals surface area contributed by atoms with Crippen LogP contribution in [0.5, 0.6) is 0 Å². The SMILES string of the molecule is C1=Cc2ccccc2C=CN1.C1=Cc2ccccc2C=CN1.O. The van der Waals surface area contributed by atoms with E-state index >= 15 is 0 Å². The molecule has 0 aromatic heterocycles. The second-order valence-corrected chi connectivity index (χ2v) is 4.92. The van der Waals surface area contributed by atoms with Gasteiger partial charge < -0.3 is 16.1 Å². The van der Waals surface area contributed by atoms with Gasteiger partial charge in [-0.1, -0.05) is 48.5 Å². The van der Waals surface area contributed by atoms with Crippen molar-refractivity contribution in [2.75, 3.05) is 0 Å². The molecule has 23 heavy (non-hydrogen) atoms. The minimum Gasteiger partial charge on any atom is -0.412 e. The van der Waals surface area contributed by atoms with Crippen molar-refractivity contribution in [1.29, 1.82) is 0 Å². The maximum atomic E-state index is 3.03. The number of fused-ring (bicyclic) bond motifs is 2. The molecule has 0 bridgehead atoms. The zero-order chi connectivity index (χ0) is 15.0. The van der Waals surface area contributed by atoms with Crippen LogP contribution < -0.4 is 10.6 Å². The fraction of sp³-hybridized carbons (Fsp3) is 0. The monoisotopic (exact) mass is 304 g/mol. The van der Waals surface area contributed by atoms with Crippen LogP contribution in [-0.2, 0) is 0 Å². The Balaban J connectivity index is 0.000000160. The molecule has 4 rings (SSSR count). The first-order valence-corrected chi connectivity index (χ1v) is 7.30. The van der Waals surface area contributed by atoms with Crippen LogP contribution in [0.15, 0.2) is 73.3 Å². The van der Waals surface area contributed by atoms with Crippen LogP contribution in [0, 0.1) is 0 Å². The summed E-state index contributed by atoms with van der Waals surface area (Å²) in [7, 11) is 0. The zero-order valence-corrected chi connectivity index (χ0v) is 12.7. The van der Waals surface area contributed by atoms with E-state index in [1.165, 1.54) is 22.3 Å². The topological polar surface area (TPSA) is 55.6 Å². The third kappa shape index (κ3) is 4.46. The van der Waals surface area contributed by atoms with E-state index in [1.54, 1.807) is 0 Å². The fourth-order valence-corrected chi connectivity index (χ4v) is 2.29. The second kappa shape index (κ2) is 8.41. The molecule has 0 saturated carbocycles. The summed E-state index contributed by atoms with van der Waals surface area (Å²) in [6.45, 7) is 0. The molecule has 0 aliphatic carbocycles. The Morgan fingerprint density at radius 3 is 0.957 bits per heavy atom. The second-order valence-electron chi connectivity index (χ2n) is 4.92. The lowest BCUT2D eigenvalue weighted by Gasteiger charge is -1.95. The molecule has 2 aromatic rings. The summed E-state index contributed by atoms with van der Waals surface area (Å²) in [6, 6.07) is 16.6. The molecule has 2 aromatic carbocycles. The molecule has 0 fully saturated rings. The minimum absolute atomic E-state index is 0. The van der Waals surface area contributed by atoms with E-state index in [1.807, 2.05) is 49.1 Å². The quantitative estimate of drug-likeness (QED) is 0.780. The summed E-state index contributed by atoms with van der Waals surface area (Å²) in [5.74, 6) is 0. The first-order chi connectivity index (χ1) is 10.9. The molecule has 0 unspecified atom stereocenters. The molecular formula is C20H20N2O. The van der Waals surface area contributed by atoms with Crippen molar-refractivity contribution in [2.45, 2.75) is 0 Å². The van der Waals surface area contributed by atoms with E-state index in [0.717, 1.165) is 0 Å². The van der Waals surface area contributed by atoms with E-state index in [9.17, 15) is 0 Å². The number of hydrogen-bond donors (Lipinski definition) is 2. The van der Waals surface area contributed by atoms with Gasteiger partial charge >= 0.3 is 0 Å². The summed E-state index contributed by atoms with van der Waals surface area (Å²) in [6.07, 6.45) is 16.0. The molecule has 0 atom stereocenters. The first kappa shape index (κ1) is 16.3. The summed E-state index contributed by atoms with van der Waals surface area (Å²) >= 11 is 0. The van der Waals surface area contributed by atoms with Crippen molar-refractivity contribution in [3.8, 4) is 0 Å². The standard InChI is InChI=1S/2C10H9N.H2O/c2*1-2-4-10-6-8-11-7-5-9(10)3-1;/h2*1-8,11H;1H2. The van der Waals surface area contributed by atoms with Gasteiger partial charge in [0, 0.05) is 24.8 Å². The highest BCUT2D eigenvalue weighted by molar-refractivity contribution is 5.67. The maximum Gasteiger partial charge on any atom is 0.00106 e. The molecule has 116 valence electrons. The Bertz CT molecular complexity index is 630. The predicted octanol–water partition coefficient (Wildman–Crippen LogP) is 3.64. The van der Waals surface area contributed by atoms with E-state index in [2.05, 4.69) is 59.2 Å². The van der Waals surface area contributed by atoms with Crippen LogP contribution in [-0.4, -0.2) is 5.48 Å². The van der Waals surface area contributed by atoms with Gasteiger partial charge in [-0.2, -0.15) is 0 Å². The van der Waals surface area contributed by atoms with Crippen molar-refractivity contribution < 1.29 is 5.48 Å². The molecule has 3 heteroatoms. The summed E-state index contributed by atoms with van der Waals surface area (Å²) in [4.78, 5) is 0. The third-order valence-electron chi connectivity index (χ3n) is 3.43. The van der Waals surface area contributed by atoms with Crippen molar-refractivity contribution in [1.82, 2.24) is 10.6 Å². The van der Waals surface area contributed by atoms with Gasteiger partial charge in [-0.25, -0.2) is 0 Å². The molecular weight excluding hydrogens is 284 g/mol. The summed E-state index contributed by atoms with van der Waals surface area (Å²) in [5.41, 5.74) is 5.03. The molecule has 0 spiro atoms. The lowest BCUT2D eigenvalue weighted by Crippen LogP contribution is -1.86.